The first kappa shape index (κ1) is 20.5. The van der Waals surface area contributed by atoms with Gasteiger partial charge in [0, 0.05) is 11.4 Å². The molecule has 0 fully saturated rings. The van der Waals surface area contributed by atoms with Gasteiger partial charge in [0.25, 0.3) is 11.5 Å². The maximum absolute atomic E-state index is 12.9. The molecule has 0 atom stereocenters. The number of aromatic nitrogens is 3. The van der Waals surface area contributed by atoms with E-state index in [4.69, 9.17) is 16.1 Å². The van der Waals surface area contributed by atoms with Crippen LogP contribution in [0.2, 0.25) is 5.02 Å². The van der Waals surface area contributed by atoms with Crippen molar-refractivity contribution < 1.29 is 9.32 Å². The first-order chi connectivity index (χ1) is 15.0. The van der Waals surface area contributed by atoms with E-state index in [1.165, 1.54) is 6.21 Å². The zero-order valence-electron chi connectivity index (χ0n) is 16.6. The molecule has 0 aliphatic rings. The number of carbonyl (C=O) groups excluding carboxylic acids is 1. The summed E-state index contributed by atoms with van der Waals surface area (Å²) in [6.07, 6.45) is 1.90. The van der Waals surface area contributed by atoms with Gasteiger partial charge in [0.2, 0.25) is 0 Å². The van der Waals surface area contributed by atoms with Crippen LogP contribution in [0, 0.1) is 6.92 Å². The number of hydrogen-bond acceptors (Lipinski definition) is 6. The van der Waals surface area contributed by atoms with Gasteiger partial charge in [-0.3, -0.25) is 9.59 Å². The molecular weight excluding hydrogens is 418 g/mol. The van der Waals surface area contributed by atoms with E-state index in [9.17, 15) is 9.59 Å². The van der Waals surface area contributed by atoms with Crippen molar-refractivity contribution in [3.63, 3.8) is 0 Å². The second-order valence-electron chi connectivity index (χ2n) is 6.89. The van der Waals surface area contributed by atoms with E-state index >= 15 is 0 Å². The fourth-order valence-electron chi connectivity index (χ4n) is 3.13. The standard InChI is InChI=1S/C22H18ClN5O3/c1-14-20-21(31-27-14)18(11-15-6-3-2-4-7-15)26-28(22(20)30)13-19(29)25-24-12-16-8-5-9-17(23)10-16/h2-10,12H,11,13H2,1H3,(H,25,29)/b24-12-. The molecule has 0 bridgehead atoms. The molecule has 0 radical (unpaired) electrons. The topological polar surface area (TPSA) is 102 Å². The van der Waals surface area contributed by atoms with Gasteiger partial charge in [0.15, 0.2) is 5.58 Å². The zero-order valence-corrected chi connectivity index (χ0v) is 17.3. The minimum atomic E-state index is -0.494. The molecule has 2 aromatic heterocycles. The Morgan fingerprint density at radius 3 is 2.81 bits per heavy atom. The van der Waals surface area contributed by atoms with Gasteiger partial charge in [-0.25, -0.2) is 10.1 Å². The summed E-state index contributed by atoms with van der Waals surface area (Å²) in [6.45, 7) is 1.38. The number of nitrogens with one attached hydrogen (secondary N) is 1. The molecular formula is C22H18ClN5O3. The lowest BCUT2D eigenvalue weighted by Gasteiger charge is -2.07. The van der Waals surface area contributed by atoms with Crippen LogP contribution in [-0.4, -0.2) is 27.1 Å². The molecule has 4 aromatic rings. The van der Waals surface area contributed by atoms with Crippen molar-refractivity contribution in [3.8, 4) is 0 Å². The molecule has 0 aliphatic heterocycles. The zero-order chi connectivity index (χ0) is 21.8. The molecule has 0 aliphatic carbocycles. The SMILES string of the molecule is Cc1noc2c(Cc3ccccc3)nn(CC(=O)N/N=C\c3cccc(Cl)c3)c(=O)c12. The van der Waals surface area contributed by atoms with Gasteiger partial charge >= 0.3 is 0 Å². The number of benzene rings is 2. The third kappa shape index (κ3) is 4.70. The summed E-state index contributed by atoms with van der Waals surface area (Å²) in [6, 6.07) is 16.7. The van der Waals surface area contributed by atoms with E-state index in [0.717, 1.165) is 15.8 Å². The molecule has 1 amide bonds. The van der Waals surface area contributed by atoms with Gasteiger partial charge in [0.05, 0.1) is 11.9 Å². The fraction of sp³-hybridized carbons (Fsp3) is 0.136. The van der Waals surface area contributed by atoms with E-state index < -0.39 is 11.5 Å². The molecule has 1 N–H and O–H groups in total. The molecule has 0 unspecified atom stereocenters. The van der Waals surface area contributed by atoms with Crippen LogP contribution in [-0.2, 0) is 17.8 Å². The van der Waals surface area contributed by atoms with Crippen LogP contribution < -0.4 is 11.0 Å². The number of carbonyl (C=O) groups is 1. The maximum atomic E-state index is 12.9. The number of amides is 1. The van der Waals surface area contributed by atoms with Crippen LogP contribution in [0.4, 0.5) is 0 Å². The molecule has 0 saturated carbocycles. The number of hydrazone groups is 1. The number of fused-ring (bicyclic) bond motifs is 1. The Hall–Kier alpha value is -3.78. The molecule has 31 heavy (non-hydrogen) atoms. The van der Waals surface area contributed by atoms with Gasteiger partial charge in [-0.15, -0.1) is 0 Å². The average Bonchev–Trinajstić information content (AvgIpc) is 3.14. The lowest BCUT2D eigenvalue weighted by atomic mass is 10.1. The normalized spacial score (nSPS) is 11.3. The smallest absolute Gasteiger partial charge is 0.280 e. The molecule has 9 heteroatoms. The monoisotopic (exact) mass is 435 g/mol. The van der Waals surface area contributed by atoms with Crippen LogP contribution in [0.5, 0.6) is 0 Å². The Morgan fingerprint density at radius 2 is 2.03 bits per heavy atom. The van der Waals surface area contributed by atoms with E-state index in [0.29, 0.717) is 33.8 Å². The summed E-state index contributed by atoms with van der Waals surface area (Å²) >= 11 is 5.93. The van der Waals surface area contributed by atoms with Gasteiger partial charge in [-0.1, -0.05) is 59.2 Å². The minimum absolute atomic E-state index is 0.298. The van der Waals surface area contributed by atoms with Crippen molar-refractivity contribution in [1.29, 1.82) is 0 Å². The van der Waals surface area contributed by atoms with Crippen LogP contribution in [0.25, 0.3) is 11.0 Å². The predicted octanol–water partition coefficient (Wildman–Crippen LogP) is 3.09. The number of nitrogens with zero attached hydrogens (tertiary/aromatic N) is 4. The summed E-state index contributed by atoms with van der Waals surface area (Å²) in [5.74, 6) is -0.494. The summed E-state index contributed by atoms with van der Waals surface area (Å²) in [7, 11) is 0. The Labute approximate surface area is 182 Å². The van der Waals surface area contributed by atoms with Crippen LogP contribution in [0.1, 0.15) is 22.5 Å². The highest BCUT2D eigenvalue weighted by Crippen LogP contribution is 2.19. The Bertz CT molecular complexity index is 1330. The number of rotatable bonds is 6. The molecule has 0 saturated heterocycles. The maximum Gasteiger partial charge on any atom is 0.280 e. The summed E-state index contributed by atoms with van der Waals surface area (Å²) in [4.78, 5) is 25.2. The first-order valence-corrected chi connectivity index (χ1v) is 9.86. The van der Waals surface area contributed by atoms with E-state index in [2.05, 4.69) is 20.8 Å². The largest absolute Gasteiger partial charge is 0.354 e. The van der Waals surface area contributed by atoms with Crippen molar-refractivity contribution >= 4 is 34.7 Å². The molecule has 4 rings (SSSR count). The third-order valence-corrected chi connectivity index (χ3v) is 4.81. The van der Waals surface area contributed by atoms with E-state index in [1.54, 1.807) is 31.2 Å². The molecule has 156 valence electrons. The minimum Gasteiger partial charge on any atom is -0.354 e. The highest BCUT2D eigenvalue weighted by Gasteiger charge is 2.19. The Morgan fingerprint density at radius 1 is 1.23 bits per heavy atom. The van der Waals surface area contributed by atoms with E-state index in [1.807, 2.05) is 30.3 Å². The fourth-order valence-corrected chi connectivity index (χ4v) is 3.33. The lowest BCUT2D eigenvalue weighted by molar-refractivity contribution is -0.121. The summed E-state index contributed by atoms with van der Waals surface area (Å²) in [5.41, 5.74) is 4.99. The van der Waals surface area contributed by atoms with Crippen molar-refractivity contribution in [3.05, 3.63) is 92.5 Å². The number of halogens is 1. The average molecular weight is 436 g/mol. The quantitative estimate of drug-likeness (QED) is 0.370. The highest BCUT2D eigenvalue weighted by atomic mass is 35.5. The Balaban J connectivity index is 1.58. The molecule has 8 nitrogen and oxygen atoms in total. The van der Waals surface area contributed by atoms with Crippen LogP contribution in [0.3, 0.4) is 0 Å². The third-order valence-electron chi connectivity index (χ3n) is 4.57. The number of hydrogen-bond donors (Lipinski definition) is 1. The van der Waals surface area contributed by atoms with Crippen LogP contribution in [0.15, 0.2) is 69.0 Å². The van der Waals surface area contributed by atoms with Gasteiger partial charge in [0.1, 0.15) is 17.6 Å². The molecule has 2 aromatic carbocycles. The van der Waals surface area contributed by atoms with Gasteiger partial charge in [-0.05, 0) is 30.2 Å². The second-order valence-corrected chi connectivity index (χ2v) is 7.33. The summed E-state index contributed by atoms with van der Waals surface area (Å²) < 4.78 is 6.46. The van der Waals surface area contributed by atoms with Crippen molar-refractivity contribution in [2.75, 3.05) is 0 Å². The second kappa shape index (κ2) is 8.93. The Kier molecular flexibility index (Phi) is 5.90. The van der Waals surface area contributed by atoms with Gasteiger partial charge in [-0.2, -0.15) is 10.2 Å². The van der Waals surface area contributed by atoms with Crippen molar-refractivity contribution in [2.45, 2.75) is 19.9 Å². The highest BCUT2D eigenvalue weighted by molar-refractivity contribution is 6.30. The van der Waals surface area contributed by atoms with Crippen LogP contribution >= 0.6 is 11.6 Å². The first-order valence-electron chi connectivity index (χ1n) is 9.48. The molecule has 0 spiro atoms. The predicted molar refractivity (Wildman–Crippen MR) is 117 cm³/mol. The number of aryl methyl sites for hydroxylation is 1. The van der Waals surface area contributed by atoms with Crippen molar-refractivity contribution in [1.82, 2.24) is 20.4 Å². The summed E-state index contributed by atoms with van der Waals surface area (Å²) in [5, 5.41) is 13.1. The lowest BCUT2D eigenvalue weighted by Crippen LogP contribution is -2.32. The van der Waals surface area contributed by atoms with Gasteiger partial charge < -0.3 is 4.52 Å². The van der Waals surface area contributed by atoms with Crippen molar-refractivity contribution in [2.24, 2.45) is 5.10 Å². The molecule has 2 heterocycles. The van der Waals surface area contributed by atoms with E-state index in [-0.39, 0.29) is 6.54 Å².